The average Bonchev–Trinajstić information content (AvgIpc) is 3.73. The molecule has 0 radical (unpaired) electrons. The van der Waals surface area contributed by atoms with Gasteiger partial charge in [-0.2, -0.15) is 0 Å². The number of likely N-dealkylation sites (N-methyl/N-ethyl adjacent to an activating group) is 2. The summed E-state index contributed by atoms with van der Waals surface area (Å²) in [5, 5.41) is 13.0. The first kappa shape index (κ1) is 33.7. The van der Waals surface area contributed by atoms with Crippen molar-refractivity contribution in [2.75, 3.05) is 52.2 Å². The quantitative estimate of drug-likeness (QED) is 0.109. The van der Waals surface area contributed by atoms with Crippen molar-refractivity contribution in [2.24, 2.45) is 5.84 Å². The average molecular weight is 646 g/mol. The number of aliphatic hydroxyl groups is 1. The molecule has 0 saturated carbocycles. The van der Waals surface area contributed by atoms with Crippen LogP contribution in [0.5, 0.6) is 17.2 Å². The van der Waals surface area contributed by atoms with Gasteiger partial charge in [-0.3, -0.25) is 9.80 Å². The SMILES string of the molecule is CC.COC(=O)c1c(C)[nH]c2c(OC(=O)N(C)CC(=O)N(C)N)cc3c(c12)[C@H](CCl)CN3C(O)C1Cc2cc(OC)ccc2O1. The number of carbonyl (C=O) groups is 3. The molecule has 0 spiro atoms. The number of methoxy groups -OCH3 is 2. The summed E-state index contributed by atoms with van der Waals surface area (Å²) in [4.78, 5) is 44.2. The molecule has 0 bridgehead atoms. The number of nitrogens with one attached hydrogen (secondary N) is 1. The van der Waals surface area contributed by atoms with Crippen molar-refractivity contribution in [1.29, 1.82) is 0 Å². The molecule has 2 unspecified atom stereocenters. The molecule has 2 aromatic carbocycles. The molecule has 3 aromatic rings. The minimum Gasteiger partial charge on any atom is -0.497 e. The molecule has 3 atom stereocenters. The third-order valence-electron chi connectivity index (χ3n) is 7.85. The van der Waals surface area contributed by atoms with Crippen molar-refractivity contribution in [3.8, 4) is 17.2 Å². The predicted molar refractivity (Wildman–Crippen MR) is 169 cm³/mol. The van der Waals surface area contributed by atoms with E-state index >= 15 is 0 Å². The Hall–Kier alpha value is -4.20. The first-order chi connectivity index (χ1) is 21.5. The lowest BCUT2D eigenvalue weighted by molar-refractivity contribution is -0.130. The highest BCUT2D eigenvalue weighted by atomic mass is 35.5. The number of aromatic nitrogens is 1. The van der Waals surface area contributed by atoms with Gasteiger partial charge in [0.15, 0.2) is 12.0 Å². The fraction of sp³-hybridized carbons (Fsp3) is 0.452. The molecule has 0 aliphatic carbocycles. The molecule has 1 aromatic heterocycles. The van der Waals surface area contributed by atoms with E-state index in [2.05, 4.69) is 4.98 Å². The van der Waals surface area contributed by atoms with E-state index < -0.39 is 30.3 Å². The summed E-state index contributed by atoms with van der Waals surface area (Å²) in [6.45, 7) is 5.70. The van der Waals surface area contributed by atoms with Crippen molar-refractivity contribution >= 4 is 46.2 Å². The van der Waals surface area contributed by atoms with Gasteiger partial charge in [-0.25, -0.2) is 15.4 Å². The largest absolute Gasteiger partial charge is 0.497 e. The van der Waals surface area contributed by atoms with Crippen molar-refractivity contribution < 1.29 is 38.4 Å². The molecule has 2 aliphatic heterocycles. The normalized spacial score (nSPS) is 17.0. The summed E-state index contributed by atoms with van der Waals surface area (Å²) >= 11 is 6.47. The molecule has 45 heavy (non-hydrogen) atoms. The zero-order chi connectivity index (χ0) is 33.2. The second-order valence-corrected chi connectivity index (χ2v) is 11.0. The van der Waals surface area contributed by atoms with Crippen LogP contribution in [0.25, 0.3) is 10.9 Å². The highest BCUT2D eigenvalue weighted by molar-refractivity contribution is 6.19. The fourth-order valence-electron chi connectivity index (χ4n) is 5.67. The van der Waals surface area contributed by atoms with E-state index in [0.717, 1.165) is 15.5 Å². The van der Waals surface area contributed by atoms with Crippen LogP contribution >= 0.6 is 11.6 Å². The van der Waals surface area contributed by atoms with Crippen LogP contribution < -0.4 is 25.0 Å². The van der Waals surface area contributed by atoms with Crippen molar-refractivity contribution in [1.82, 2.24) is 14.9 Å². The molecule has 5 rings (SSSR count). The van der Waals surface area contributed by atoms with E-state index in [1.54, 1.807) is 37.1 Å². The van der Waals surface area contributed by atoms with Gasteiger partial charge in [0.1, 0.15) is 24.1 Å². The molecule has 4 N–H and O–H groups in total. The topological polar surface area (TPSA) is 160 Å². The number of nitrogens with zero attached hydrogens (tertiary/aromatic N) is 3. The van der Waals surface area contributed by atoms with E-state index in [4.69, 9.17) is 36.4 Å². The third kappa shape index (κ3) is 6.33. The smallest absolute Gasteiger partial charge is 0.415 e. The number of benzene rings is 2. The first-order valence-electron chi connectivity index (χ1n) is 14.5. The Morgan fingerprint density at radius 2 is 1.93 bits per heavy atom. The van der Waals surface area contributed by atoms with Gasteiger partial charge in [0.25, 0.3) is 5.91 Å². The zero-order valence-corrected chi connectivity index (χ0v) is 27.2. The molecule has 244 valence electrons. The molecular weight excluding hydrogens is 606 g/mol. The second-order valence-electron chi connectivity index (χ2n) is 10.7. The van der Waals surface area contributed by atoms with E-state index in [0.29, 0.717) is 52.3 Å². The van der Waals surface area contributed by atoms with Crippen LogP contribution in [0.2, 0.25) is 0 Å². The van der Waals surface area contributed by atoms with Gasteiger partial charge in [-0.15, -0.1) is 11.6 Å². The summed E-state index contributed by atoms with van der Waals surface area (Å²) < 4.78 is 22.3. The molecule has 14 heteroatoms. The van der Waals surface area contributed by atoms with Crippen molar-refractivity contribution in [3.63, 3.8) is 0 Å². The number of rotatable bonds is 8. The number of anilines is 1. The number of esters is 1. The number of aryl methyl sites for hydroxylation is 1. The van der Waals surface area contributed by atoms with E-state index in [1.807, 2.05) is 19.9 Å². The van der Waals surface area contributed by atoms with Crippen molar-refractivity contribution in [2.45, 2.75) is 45.4 Å². The van der Waals surface area contributed by atoms with Gasteiger partial charge in [-0.05, 0) is 30.7 Å². The van der Waals surface area contributed by atoms with Crippen LogP contribution in [0, 0.1) is 6.92 Å². The van der Waals surface area contributed by atoms with Crippen LogP contribution in [0.3, 0.4) is 0 Å². The number of fused-ring (bicyclic) bond motifs is 4. The fourth-order valence-corrected chi connectivity index (χ4v) is 5.92. The van der Waals surface area contributed by atoms with E-state index in [-0.39, 0.29) is 29.7 Å². The van der Waals surface area contributed by atoms with Crippen molar-refractivity contribution in [3.05, 3.63) is 46.6 Å². The number of aromatic amines is 1. The van der Waals surface area contributed by atoms with Crippen LogP contribution in [0.15, 0.2) is 24.3 Å². The standard InChI is InChI=1S/C29H34ClN5O8.C2H6/c1-14-23(28(38)41-5)25-24-16(11-30)12-35(27(37)21-9-15-8-17(40-4)6-7-19(15)42-21)18(24)10-20(26(25)32-14)43-29(39)33(2)13-22(36)34(3)31;1-2/h6-8,10,16,21,27,32,37H,9,11-13,31H2,1-5H3;1-2H3/t16-,21?,27?;/m1./s1. The monoisotopic (exact) mass is 645 g/mol. The number of hydrazine groups is 1. The predicted octanol–water partition coefficient (Wildman–Crippen LogP) is 3.52. The number of H-pyrrole nitrogens is 1. The second kappa shape index (κ2) is 13.8. The third-order valence-corrected chi connectivity index (χ3v) is 8.22. The molecular formula is C31H40ClN5O8. The van der Waals surface area contributed by atoms with Crippen LogP contribution in [0.1, 0.15) is 46.9 Å². The lowest BCUT2D eigenvalue weighted by Crippen LogP contribution is -2.45. The van der Waals surface area contributed by atoms with Crippen LogP contribution in [-0.2, 0) is 16.0 Å². The number of halogens is 1. The Kier molecular flexibility index (Phi) is 10.4. The lowest BCUT2D eigenvalue weighted by Gasteiger charge is -2.30. The first-order valence-corrected chi connectivity index (χ1v) is 15.1. The van der Waals surface area contributed by atoms with Crippen LogP contribution in [0.4, 0.5) is 10.5 Å². The molecule has 0 fully saturated rings. The van der Waals surface area contributed by atoms with Gasteiger partial charge in [0.05, 0.1) is 25.3 Å². The summed E-state index contributed by atoms with van der Waals surface area (Å²) in [6, 6.07) is 7.09. The lowest BCUT2D eigenvalue weighted by atomic mass is 9.95. The Bertz CT molecular complexity index is 1590. The maximum atomic E-state index is 13.1. The number of aliphatic hydroxyl groups excluding tert-OH is 1. The van der Waals surface area contributed by atoms with Crippen LogP contribution in [-0.4, -0.2) is 97.6 Å². The summed E-state index contributed by atoms with van der Waals surface area (Å²) in [5.41, 5.74) is 3.27. The minimum atomic E-state index is -1.12. The number of hydrogen-bond donors (Lipinski definition) is 3. The maximum absolute atomic E-state index is 13.1. The summed E-state index contributed by atoms with van der Waals surface area (Å²) in [5.74, 6) is 5.73. The summed E-state index contributed by atoms with van der Waals surface area (Å²) in [7, 11) is 5.64. The molecule has 0 saturated heterocycles. The van der Waals surface area contributed by atoms with Gasteiger partial charge in [0, 0.05) is 67.3 Å². The number of ether oxygens (including phenoxy) is 4. The van der Waals surface area contributed by atoms with Gasteiger partial charge in [0.2, 0.25) is 0 Å². The maximum Gasteiger partial charge on any atom is 0.415 e. The summed E-state index contributed by atoms with van der Waals surface area (Å²) in [6.07, 6.45) is -2.14. The molecule has 3 heterocycles. The van der Waals surface area contributed by atoms with E-state index in [1.165, 1.54) is 21.2 Å². The Morgan fingerprint density at radius 1 is 1.22 bits per heavy atom. The van der Waals surface area contributed by atoms with Gasteiger partial charge >= 0.3 is 12.1 Å². The highest BCUT2D eigenvalue weighted by Crippen LogP contribution is 2.49. The number of amides is 2. The Balaban J connectivity index is 0.00000226. The van der Waals surface area contributed by atoms with Gasteiger partial charge in [-0.1, -0.05) is 13.8 Å². The number of hydrogen-bond acceptors (Lipinski definition) is 10. The Labute approximate surface area is 266 Å². The Morgan fingerprint density at radius 3 is 2.56 bits per heavy atom. The number of nitrogens with two attached hydrogens (primary N) is 1. The molecule has 2 amide bonds. The number of alkyl halides is 1. The molecule has 13 nitrogen and oxygen atoms in total. The number of carbonyl (C=O) groups excluding carboxylic acids is 3. The zero-order valence-electron chi connectivity index (χ0n) is 26.5. The van der Waals surface area contributed by atoms with Gasteiger partial charge < -0.3 is 38.8 Å². The minimum absolute atomic E-state index is 0.0881. The highest BCUT2D eigenvalue weighted by Gasteiger charge is 2.42. The molecule has 2 aliphatic rings. The van der Waals surface area contributed by atoms with E-state index in [9.17, 15) is 19.5 Å².